The third-order valence-corrected chi connectivity index (χ3v) is 2.93. The predicted octanol–water partition coefficient (Wildman–Crippen LogP) is 4.29. The summed E-state index contributed by atoms with van der Waals surface area (Å²) < 4.78 is 0.895. The number of nitrogens with zero attached hydrogens (tertiary/aromatic N) is 2. The highest BCUT2D eigenvalue weighted by atomic mass is 79.9. The van der Waals surface area contributed by atoms with Gasteiger partial charge in [0.1, 0.15) is 5.82 Å². The molecule has 2 rings (SSSR count). The fourth-order valence-electron chi connectivity index (χ4n) is 1.14. The van der Waals surface area contributed by atoms with E-state index >= 15 is 0 Å². The quantitative estimate of drug-likeness (QED) is 0.839. The molecule has 1 heterocycles. The standard InChI is InChI=1S/C10H6BrCl2N3/c11-7-2-1-6(12)5-8(7)15-9-3-4-14-10(13)16-9/h1-5H,(H,14,15,16). The third-order valence-electron chi connectivity index (χ3n) is 1.82. The van der Waals surface area contributed by atoms with Gasteiger partial charge >= 0.3 is 0 Å². The van der Waals surface area contributed by atoms with E-state index < -0.39 is 0 Å². The van der Waals surface area contributed by atoms with Crippen molar-refractivity contribution in [2.75, 3.05) is 5.32 Å². The Kier molecular flexibility index (Phi) is 3.63. The van der Waals surface area contributed by atoms with Crippen LogP contribution in [0.4, 0.5) is 11.5 Å². The maximum atomic E-state index is 5.89. The average molecular weight is 319 g/mol. The molecule has 0 fully saturated rings. The van der Waals surface area contributed by atoms with Gasteiger partial charge in [-0.15, -0.1) is 0 Å². The second-order valence-electron chi connectivity index (χ2n) is 2.96. The summed E-state index contributed by atoms with van der Waals surface area (Å²) in [7, 11) is 0. The smallest absolute Gasteiger partial charge is 0.224 e. The van der Waals surface area contributed by atoms with Crippen molar-refractivity contribution in [2.24, 2.45) is 0 Å². The third kappa shape index (κ3) is 2.84. The summed E-state index contributed by atoms with van der Waals surface area (Å²) in [5.41, 5.74) is 0.822. The molecule has 1 N–H and O–H groups in total. The zero-order valence-electron chi connectivity index (χ0n) is 7.92. The van der Waals surface area contributed by atoms with Crippen molar-refractivity contribution in [3.63, 3.8) is 0 Å². The van der Waals surface area contributed by atoms with E-state index in [0.717, 1.165) is 10.2 Å². The summed E-state index contributed by atoms with van der Waals surface area (Å²) >= 11 is 15.0. The minimum Gasteiger partial charge on any atom is -0.339 e. The van der Waals surface area contributed by atoms with Crippen LogP contribution in [0.2, 0.25) is 10.3 Å². The summed E-state index contributed by atoms with van der Waals surface area (Å²) in [5.74, 6) is 0.614. The van der Waals surface area contributed by atoms with Crippen molar-refractivity contribution >= 4 is 50.6 Å². The molecule has 2 aromatic rings. The van der Waals surface area contributed by atoms with Crippen LogP contribution < -0.4 is 5.32 Å². The Morgan fingerprint density at radius 1 is 1.19 bits per heavy atom. The van der Waals surface area contributed by atoms with E-state index in [1.165, 1.54) is 0 Å². The molecule has 0 unspecified atom stereocenters. The number of nitrogens with one attached hydrogen (secondary N) is 1. The van der Waals surface area contributed by atoms with Crippen molar-refractivity contribution in [3.8, 4) is 0 Å². The zero-order valence-corrected chi connectivity index (χ0v) is 11.0. The van der Waals surface area contributed by atoms with Crippen LogP contribution in [-0.4, -0.2) is 9.97 Å². The van der Waals surface area contributed by atoms with Crippen molar-refractivity contribution in [1.82, 2.24) is 9.97 Å². The Bertz CT molecular complexity index is 519. The van der Waals surface area contributed by atoms with Crippen LogP contribution in [0.15, 0.2) is 34.9 Å². The molecule has 1 aromatic carbocycles. The Labute approximate surface area is 111 Å². The van der Waals surface area contributed by atoms with Crippen molar-refractivity contribution < 1.29 is 0 Å². The molecule has 0 amide bonds. The van der Waals surface area contributed by atoms with E-state index in [-0.39, 0.29) is 5.28 Å². The highest BCUT2D eigenvalue weighted by Crippen LogP contribution is 2.28. The van der Waals surface area contributed by atoms with Crippen molar-refractivity contribution in [3.05, 3.63) is 45.2 Å². The van der Waals surface area contributed by atoms with Crippen molar-refractivity contribution in [2.45, 2.75) is 0 Å². The van der Waals surface area contributed by atoms with Gasteiger partial charge in [-0.25, -0.2) is 9.97 Å². The van der Waals surface area contributed by atoms with Gasteiger partial charge in [-0.1, -0.05) is 11.6 Å². The monoisotopic (exact) mass is 317 g/mol. The van der Waals surface area contributed by atoms with Gasteiger partial charge in [-0.3, -0.25) is 0 Å². The number of benzene rings is 1. The number of rotatable bonds is 2. The summed E-state index contributed by atoms with van der Waals surface area (Å²) in [6.45, 7) is 0. The molecule has 16 heavy (non-hydrogen) atoms. The lowest BCUT2D eigenvalue weighted by molar-refractivity contribution is 1.17. The van der Waals surface area contributed by atoms with Crippen LogP contribution >= 0.6 is 39.1 Å². The maximum absolute atomic E-state index is 5.89. The van der Waals surface area contributed by atoms with Crippen LogP contribution in [0.3, 0.4) is 0 Å². The zero-order chi connectivity index (χ0) is 11.5. The first kappa shape index (κ1) is 11.6. The first-order valence-electron chi connectivity index (χ1n) is 4.36. The molecule has 0 saturated carbocycles. The first-order valence-corrected chi connectivity index (χ1v) is 5.90. The Morgan fingerprint density at radius 2 is 2.00 bits per heavy atom. The second kappa shape index (κ2) is 4.99. The lowest BCUT2D eigenvalue weighted by Gasteiger charge is -2.07. The van der Waals surface area contributed by atoms with Gasteiger partial charge in [-0.05, 0) is 51.8 Å². The minimum atomic E-state index is 0.197. The van der Waals surface area contributed by atoms with Gasteiger partial charge in [0.05, 0.1) is 5.69 Å². The second-order valence-corrected chi connectivity index (χ2v) is 4.59. The van der Waals surface area contributed by atoms with Gasteiger partial charge in [0.25, 0.3) is 0 Å². The van der Waals surface area contributed by atoms with Gasteiger partial charge in [0.15, 0.2) is 0 Å². The molecule has 0 aliphatic rings. The molecule has 0 aliphatic carbocycles. The fourth-order valence-corrected chi connectivity index (χ4v) is 1.80. The van der Waals surface area contributed by atoms with E-state index in [9.17, 15) is 0 Å². The molecular formula is C10H6BrCl2N3. The Balaban J connectivity index is 2.30. The van der Waals surface area contributed by atoms with E-state index in [4.69, 9.17) is 23.2 Å². The lowest BCUT2D eigenvalue weighted by atomic mass is 10.3. The predicted molar refractivity (Wildman–Crippen MR) is 69.5 cm³/mol. The van der Waals surface area contributed by atoms with E-state index in [0.29, 0.717) is 10.8 Å². The number of aromatic nitrogens is 2. The van der Waals surface area contributed by atoms with E-state index in [1.54, 1.807) is 24.4 Å². The molecule has 0 atom stereocenters. The molecule has 82 valence electrons. The number of halogens is 3. The molecule has 0 aliphatic heterocycles. The summed E-state index contributed by atoms with van der Waals surface area (Å²) in [4.78, 5) is 7.82. The van der Waals surface area contributed by atoms with Crippen LogP contribution in [0.5, 0.6) is 0 Å². The highest BCUT2D eigenvalue weighted by molar-refractivity contribution is 9.10. The van der Waals surface area contributed by atoms with E-state index in [1.807, 2.05) is 6.07 Å². The molecule has 0 saturated heterocycles. The van der Waals surface area contributed by atoms with Crippen LogP contribution in [0, 0.1) is 0 Å². The SMILES string of the molecule is Clc1ccc(Br)c(Nc2ccnc(Cl)n2)c1. The van der Waals surface area contributed by atoms with Crippen LogP contribution in [0.25, 0.3) is 0 Å². The summed E-state index contributed by atoms with van der Waals surface area (Å²) in [6, 6.07) is 7.16. The summed E-state index contributed by atoms with van der Waals surface area (Å²) in [6.07, 6.45) is 1.58. The molecule has 3 nitrogen and oxygen atoms in total. The molecule has 1 aromatic heterocycles. The van der Waals surface area contributed by atoms with Crippen LogP contribution in [-0.2, 0) is 0 Å². The Morgan fingerprint density at radius 3 is 2.75 bits per heavy atom. The number of anilines is 2. The average Bonchev–Trinajstić information content (AvgIpc) is 2.24. The molecule has 0 spiro atoms. The Hall–Kier alpha value is -0.840. The number of hydrogen-bond acceptors (Lipinski definition) is 3. The molecule has 0 radical (unpaired) electrons. The van der Waals surface area contributed by atoms with Crippen LogP contribution in [0.1, 0.15) is 0 Å². The van der Waals surface area contributed by atoms with Gasteiger partial charge in [0, 0.05) is 15.7 Å². The fraction of sp³-hybridized carbons (Fsp3) is 0. The molecule has 0 bridgehead atoms. The summed E-state index contributed by atoms with van der Waals surface area (Å²) in [5, 5.41) is 3.93. The largest absolute Gasteiger partial charge is 0.339 e. The normalized spacial score (nSPS) is 10.2. The van der Waals surface area contributed by atoms with Gasteiger partial charge in [-0.2, -0.15) is 0 Å². The lowest BCUT2D eigenvalue weighted by Crippen LogP contribution is -1.95. The minimum absolute atomic E-state index is 0.197. The molecule has 6 heteroatoms. The highest BCUT2D eigenvalue weighted by Gasteiger charge is 2.02. The maximum Gasteiger partial charge on any atom is 0.224 e. The van der Waals surface area contributed by atoms with Crippen molar-refractivity contribution in [1.29, 1.82) is 0 Å². The van der Waals surface area contributed by atoms with Gasteiger partial charge in [0.2, 0.25) is 5.28 Å². The molecular weight excluding hydrogens is 313 g/mol. The number of hydrogen-bond donors (Lipinski definition) is 1. The topological polar surface area (TPSA) is 37.8 Å². The van der Waals surface area contributed by atoms with Gasteiger partial charge < -0.3 is 5.32 Å². The van der Waals surface area contributed by atoms with E-state index in [2.05, 4.69) is 31.2 Å². The first-order chi connectivity index (χ1) is 7.65.